The monoisotopic (exact) mass is 389 g/mol. The van der Waals surface area contributed by atoms with Gasteiger partial charge in [-0.25, -0.2) is 0 Å². The molecule has 5 nitrogen and oxygen atoms in total. The molecular weight excluding hydrogens is 366 g/mol. The van der Waals surface area contributed by atoms with Crippen LogP contribution >= 0.6 is 0 Å². The molecule has 2 N–H and O–H groups in total. The number of fused-ring (bicyclic) bond motifs is 1. The van der Waals surface area contributed by atoms with Gasteiger partial charge in [0, 0.05) is 24.8 Å². The number of carbonyl (C=O) groups excluding carboxylic acids is 1. The molecule has 1 aliphatic rings. The molecule has 2 aromatic carbocycles. The molecular formula is C24H23NO4. The van der Waals surface area contributed by atoms with Gasteiger partial charge in [0.15, 0.2) is 11.7 Å². The second-order valence-corrected chi connectivity index (χ2v) is 7.03. The fourth-order valence-corrected chi connectivity index (χ4v) is 3.75. The van der Waals surface area contributed by atoms with Crippen molar-refractivity contribution in [2.75, 3.05) is 12.4 Å². The van der Waals surface area contributed by atoms with Crippen molar-refractivity contribution < 1.29 is 19.1 Å². The minimum Gasteiger partial charge on any atom is -0.462 e. The van der Waals surface area contributed by atoms with Crippen molar-refractivity contribution in [1.82, 2.24) is 0 Å². The fraction of sp³-hybridized carbons (Fsp3) is 0.208. The Kier molecular flexibility index (Phi) is 5.09. The lowest BCUT2D eigenvalue weighted by atomic mass is 9.77. The van der Waals surface area contributed by atoms with Gasteiger partial charge in [-0.1, -0.05) is 49.4 Å². The maximum absolute atomic E-state index is 12.6. The lowest BCUT2D eigenvalue weighted by Gasteiger charge is -2.40. The Morgan fingerprint density at radius 1 is 1.14 bits per heavy atom. The second-order valence-electron chi connectivity index (χ2n) is 7.03. The Bertz CT molecular complexity index is 1050. The van der Waals surface area contributed by atoms with Crippen LogP contribution in [0.3, 0.4) is 0 Å². The summed E-state index contributed by atoms with van der Waals surface area (Å²) in [6, 6.07) is 18.6. The Balaban J connectivity index is 1.78. The average Bonchev–Trinajstić information content (AvgIpc) is 3.21. The molecule has 1 aromatic heterocycles. The molecule has 2 unspecified atom stereocenters. The summed E-state index contributed by atoms with van der Waals surface area (Å²) in [5.41, 5.74) is 1.03. The molecule has 0 spiro atoms. The molecule has 1 aliphatic heterocycles. The number of rotatable bonds is 5. The van der Waals surface area contributed by atoms with Crippen molar-refractivity contribution in [2.24, 2.45) is 0 Å². The molecule has 0 aliphatic carbocycles. The molecule has 5 heteroatoms. The van der Waals surface area contributed by atoms with Crippen LogP contribution in [-0.4, -0.2) is 24.2 Å². The molecule has 2 atom stereocenters. The number of anilines is 1. The van der Waals surface area contributed by atoms with E-state index in [0.717, 1.165) is 23.5 Å². The van der Waals surface area contributed by atoms with Gasteiger partial charge in [0.05, 0.1) is 0 Å². The summed E-state index contributed by atoms with van der Waals surface area (Å²) in [4.78, 5) is 12.6. The zero-order valence-electron chi connectivity index (χ0n) is 16.4. The third-order valence-corrected chi connectivity index (χ3v) is 5.25. The van der Waals surface area contributed by atoms with E-state index in [4.69, 9.17) is 9.15 Å². The summed E-state index contributed by atoms with van der Waals surface area (Å²) in [5, 5.41) is 14.6. The first-order valence-corrected chi connectivity index (χ1v) is 9.59. The first-order valence-electron chi connectivity index (χ1n) is 9.59. The second kappa shape index (κ2) is 7.70. The minimum atomic E-state index is -1.60. The van der Waals surface area contributed by atoms with Crippen molar-refractivity contribution in [3.05, 3.63) is 88.9 Å². The minimum absolute atomic E-state index is 0.377. The maximum Gasteiger partial charge on any atom is 0.257 e. The summed E-state index contributed by atoms with van der Waals surface area (Å²) in [5.74, 6) is 1.32. The van der Waals surface area contributed by atoms with Gasteiger partial charge < -0.3 is 19.6 Å². The average molecular weight is 389 g/mol. The highest BCUT2D eigenvalue weighted by Crippen LogP contribution is 2.42. The van der Waals surface area contributed by atoms with Gasteiger partial charge in [0.1, 0.15) is 11.5 Å². The van der Waals surface area contributed by atoms with E-state index in [-0.39, 0.29) is 5.91 Å². The van der Waals surface area contributed by atoms with Gasteiger partial charge in [-0.2, -0.15) is 0 Å². The van der Waals surface area contributed by atoms with E-state index in [1.54, 1.807) is 18.2 Å². The van der Waals surface area contributed by atoms with E-state index >= 15 is 0 Å². The maximum atomic E-state index is 12.6. The van der Waals surface area contributed by atoms with E-state index < -0.39 is 11.7 Å². The van der Waals surface area contributed by atoms with Crippen LogP contribution in [-0.2, 0) is 21.6 Å². The van der Waals surface area contributed by atoms with Crippen molar-refractivity contribution in [1.29, 1.82) is 0 Å². The number of furan rings is 1. The number of nitrogens with one attached hydrogen (secondary N) is 1. The predicted octanol–water partition coefficient (Wildman–Crippen LogP) is 4.22. The summed E-state index contributed by atoms with van der Waals surface area (Å²) in [6.45, 7) is 2.04. The van der Waals surface area contributed by atoms with Crippen molar-refractivity contribution in [2.45, 2.75) is 25.0 Å². The van der Waals surface area contributed by atoms with Gasteiger partial charge in [-0.3, -0.25) is 4.79 Å². The van der Waals surface area contributed by atoms with Crippen molar-refractivity contribution in [3.63, 3.8) is 0 Å². The summed E-state index contributed by atoms with van der Waals surface area (Å²) < 4.78 is 11.1. The van der Waals surface area contributed by atoms with Crippen molar-refractivity contribution in [3.8, 4) is 0 Å². The van der Waals surface area contributed by atoms with E-state index in [9.17, 15) is 9.90 Å². The molecule has 148 valence electrons. The molecule has 3 aromatic rings. The SMILES string of the molecule is CCc1ccc(/C=C/c2ccc3c(c2)C(O)(c2ccccc2)C(OC)C(=O)N3)o1. The van der Waals surface area contributed by atoms with Crippen LogP contribution in [0, 0.1) is 0 Å². The molecule has 0 saturated heterocycles. The number of amides is 1. The highest BCUT2D eigenvalue weighted by molar-refractivity contribution is 6.00. The van der Waals surface area contributed by atoms with Crippen LogP contribution in [0.15, 0.2) is 65.1 Å². The standard InChI is InChI=1S/C24H23NO4/c1-3-18-12-13-19(29-18)11-9-16-10-14-21-20(15-16)24(27,17-7-5-4-6-8-17)22(28-2)23(26)25-21/h4-15,22,27H,3H2,1-2H3,(H,25,26)/b11-9+. The van der Waals surface area contributed by atoms with Gasteiger partial charge in [-0.05, 0) is 41.5 Å². The topological polar surface area (TPSA) is 71.7 Å². The first kappa shape index (κ1) is 19.2. The van der Waals surface area contributed by atoms with Crippen LogP contribution in [0.4, 0.5) is 5.69 Å². The van der Waals surface area contributed by atoms with E-state index in [2.05, 4.69) is 5.32 Å². The molecule has 1 amide bonds. The number of aryl methyl sites for hydroxylation is 1. The van der Waals surface area contributed by atoms with E-state index in [1.807, 2.05) is 61.5 Å². The number of methoxy groups -OCH3 is 1. The lowest BCUT2D eigenvalue weighted by molar-refractivity contribution is -0.142. The van der Waals surface area contributed by atoms with Crippen LogP contribution in [0.25, 0.3) is 12.2 Å². The zero-order valence-corrected chi connectivity index (χ0v) is 16.4. The molecule has 29 heavy (non-hydrogen) atoms. The fourth-order valence-electron chi connectivity index (χ4n) is 3.75. The Hall–Kier alpha value is -3.15. The number of carbonyl (C=O) groups is 1. The lowest BCUT2D eigenvalue weighted by Crippen LogP contribution is -2.52. The van der Waals surface area contributed by atoms with E-state index in [0.29, 0.717) is 16.8 Å². The number of hydrogen-bond acceptors (Lipinski definition) is 4. The van der Waals surface area contributed by atoms with Crippen LogP contribution < -0.4 is 5.32 Å². The number of benzene rings is 2. The third-order valence-electron chi connectivity index (χ3n) is 5.25. The van der Waals surface area contributed by atoms with Gasteiger partial charge in [0.2, 0.25) is 0 Å². The zero-order chi connectivity index (χ0) is 20.4. The third kappa shape index (κ3) is 3.39. The normalized spacial score (nSPS) is 21.2. The van der Waals surface area contributed by atoms with Crippen LogP contribution in [0.2, 0.25) is 0 Å². The molecule has 2 heterocycles. The number of aliphatic hydroxyl groups is 1. The van der Waals surface area contributed by atoms with Crippen molar-refractivity contribution >= 4 is 23.7 Å². The quantitative estimate of drug-likeness (QED) is 0.686. The Morgan fingerprint density at radius 3 is 2.62 bits per heavy atom. The largest absolute Gasteiger partial charge is 0.462 e. The highest BCUT2D eigenvalue weighted by atomic mass is 16.5. The van der Waals surface area contributed by atoms with Gasteiger partial charge in [0.25, 0.3) is 5.91 Å². The number of ether oxygens (including phenoxy) is 1. The Labute approximate surface area is 169 Å². The highest BCUT2D eigenvalue weighted by Gasteiger charge is 2.49. The van der Waals surface area contributed by atoms with Crippen LogP contribution in [0.1, 0.15) is 35.1 Å². The summed E-state index contributed by atoms with van der Waals surface area (Å²) >= 11 is 0. The predicted molar refractivity (Wildman–Crippen MR) is 112 cm³/mol. The molecule has 0 saturated carbocycles. The molecule has 0 fully saturated rings. The summed E-state index contributed by atoms with van der Waals surface area (Å²) in [6.07, 6.45) is 3.59. The first-order chi connectivity index (χ1) is 14.1. The van der Waals surface area contributed by atoms with Gasteiger partial charge >= 0.3 is 0 Å². The Morgan fingerprint density at radius 2 is 1.93 bits per heavy atom. The smallest absolute Gasteiger partial charge is 0.257 e. The summed E-state index contributed by atoms with van der Waals surface area (Å²) in [7, 11) is 1.43. The van der Waals surface area contributed by atoms with Gasteiger partial charge in [-0.15, -0.1) is 0 Å². The molecule has 0 bridgehead atoms. The molecule has 4 rings (SSSR count). The molecule has 0 radical (unpaired) electrons. The van der Waals surface area contributed by atoms with Crippen LogP contribution in [0.5, 0.6) is 0 Å². The van der Waals surface area contributed by atoms with E-state index in [1.165, 1.54) is 7.11 Å². The number of hydrogen-bond donors (Lipinski definition) is 2.